The van der Waals surface area contributed by atoms with Crippen LogP contribution in [0.15, 0.2) is 11.3 Å². The normalized spacial score (nSPS) is 21.8. The predicted octanol–water partition coefficient (Wildman–Crippen LogP) is 5.54. The van der Waals surface area contributed by atoms with Gasteiger partial charge in [-0.1, -0.05) is 48.0 Å². The Morgan fingerprint density at radius 2 is 1.50 bits per heavy atom. The number of hydrogen-bond donors (Lipinski definition) is 2. The van der Waals surface area contributed by atoms with Crippen molar-refractivity contribution in [3.63, 3.8) is 0 Å². The summed E-state index contributed by atoms with van der Waals surface area (Å²) in [5, 5.41) is 21.2. The highest BCUT2D eigenvalue weighted by Crippen LogP contribution is 2.54. The van der Waals surface area contributed by atoms with Gasteiger partial charge in [0.05, 0.1) is 16.4 Å². The minimum Gasteiger partial charge on any atom is -0.510 e. The summed E-state index contributed by atoms with van der Waals surface area (Å²) in [6.07, 6.45) is 1.49. The van der Waals surface area contributed by atoms with Crippen molar-refractivity contribution in [3.05, 3.63) is 11.3 Å². The zero-order chi connectivity index (χ0) is 25.0. The third-order valence-electron chi connectivity index (χ3n) is 6.47. The maximum atomic E-state index is 13.7. The van der Waals surface area contributed by atoms with Gasteiger partial charge in [-0.05, 0) is 50.9 Å². The zero-order valence-corrected chi connectivity index (χ0v) is 21.1. The number of Topliss-reactive ketones (excluding diaryl/α,β-unsaturated/α-hetero) is 3. The number of carboxylic acid groups (broad SMARTS) is 1. The molecule has 1 rings (SSSR count). The molecule has 2 atom stereocenters. The summed E-state index contributed by atoms with van der Waals surface area (Å²) in [7, 11) is 0. The van der Waals surface area contributed by atoms with Crippen molar-refractivity contribution in [2.45, 2.75) is 93.9 Å². The van der Waals surface area contributed by atoms with Crippen LogP contribution in [0.4, 0.5) is 0 Å². The average Bonchev–Trinajstić information content (AvgIpc) is 2.84. The summed E-state index contributed by atoms with van der Waals surface area (Å²) in [4.78, 5) is 52.2. The summed E-state index contributed by atoms with van der Waals surface area (Å²) < 4.78 is 0. The number of ketones is 3. The van der Waals surface area contributed by atoms with Crippen LogP contribution in [0.25, 0.3) is 0 Å². The van der Waals surface area contributed by atoms with Gasteiger partial charge in [0.2, 0.25) is 0 Å². The maximum Gasteiger partial charge on any atom is 0.309 e. The second kappa shape index (κ2) is 10.8. The van der Waals surface area contributed by atoms with Gasteiger partial charge in [0.1, 0.15) is 11.5 Å². The standard InChI is InChI=1S/C26H42O6/c1-15(2)9-11-18-22(29)21(19(27)13-17(5)6)23(30)26(18,14-25(7,8)24(31)32)20(28)12-10-16(3)4/h15-18,30H,9-14H2,1-8H3,(H,31,32)/t18-,26-/m0/s1. The molecule has 0 aliphatic heterocycles. The van der Waals surface area contributed by atoms with Crippen LogP contribution in [-0.2, 0) is 19.2 Å². The molecule has 182 valence electrons. The number of allylic oxidation sites excluding steroid dienone is 2. The summed E-state index contributed by atoms with van der Waals surface area (Å²) >= 11 is 0. The number of hydrogen-bond acceptors (Lipinski definition) is 5. The molecule has 0 bridgehead atoms. The first-order chi connectivity index (χ1) is 14.6. The molecule has 6 nitrogen and oxygen atoms in total. The molecule has 0 heterocycles. The molecule has 0 radical (unpaired) electrons. The van der Waals surface area contributed by atoms with Gasteiger partial charge in [-0.25, -0.2) is 0 Å². The monoisotopic (exact) mass is 450 g/mol. The zero-order valence-electron chi connectivity index (χ0n) is 21.1. The molecule has 1 aliphatic rings. The van der Waals surface area contributed by atoms with E-state index in [1.54, 1.807) is 0 Å². The first kappa shape index (κ1) is 28.1. The van der Waals surface area contributed by atoms with E-state index in [0.29, 0.717) is 19.3 Å². The summed E-state index contributed by atoms with van der Waals surface area (Å²) in [5.74, 6) is -3.40. The Hall–Kier alpha value is -1.98. The van der Waals surface area contributed by atoms with Crippen LogP contribution in [0.2, 0.25) is 0 Å². The van der Waals surface area contributed by atoms with E-state index in [1.807, 2.05) is 41.5 Å². The number of aliphatic carboxylic acids is 1. The second-order valence-corrected chi connectivity index (χ2v) is 11.3. The van der Waals surface area contributed by atoms with Crippen LogP contribution >= 0.6 is 0 Å². The molecule has 0 spiro atoms. The molecule has 0 fully saturated rings. The molecule has 32 heavy (non-hydrogen) atoms. The van der Waals surface area contributed by atoms with E-state index in [0.717, 1.165) is 0 Å². The van der Waals surface area contributed by atoms with E-state index in [2.05, 4.69) is 0 Å². The lowest BCUT2D eigenvalue weighted by atomic mass is 9.62. The van der Waals surface area contributed by atoms with Crippen LogP contribution in [0.5, 0.6) is 0 Å². The molecule has 2 N–H and O–H groups in total. The number of carbonyl (C=O) groups is 4. The molecule has 6 heteroatoms. The number of rotatable bonds is 13. The molecule has 0 unspecified atom stereocenters. The van der Waals surface area contributed by atoms with E-state index >= 15 is 0 Å². The van der Waals surface area contributed by atoms with Crippen LogP contribution < -0.4 is 0 Å². The van der Waals surface area contributed by atoms with Crippen LogP contribution in [0, 0.1) is 34.5 Å². The summed E-state index contributed by atoms with van der Waals surface area (Å²) in [5.41, 5.74) is -3.33. The van der Waals surface area contributed by atoms with Gasteiger partial charge < -0.3 is 10.2 Å². The van der Waals surface area contributed by atoms with Gasteiger partial charge in [-0.2, -0.15) is 0 Å². The predicted molar refractivity (Wildman–Crippen MR) is 124 cm³/mol. The fraction of sp³-hybridized carbons (Fsp3) is 0.769. The molecular formula is C26H42O6. The van der Waals surface area contributed by atoms with Crippen molar-refractivity contribution < 1.29 is 29.4 Å². The lowest BCUT2D eigenvalue weighted by Gasteiger charge is -2.38. The van der Waals surface area contributed by atoms with Crippen molar-refractivity contribution in [2.75, 3.05) is 0 Å². The topological polar surface area (TPSA) is 109 Å². The van der Waals surface area contributed by atoms with E-state index in [1.165, 1.54) is 13.8 Å². The molecule has 0 aromatic rings. The van der Waals surface area contributed by atoms with E-state index in [9.17, 15) is 29.4 Å². The Balaban J connectivity index is 3.74. The SMILES string of the molecule is CC(C)CCC(=O)[C@@]1(CC(C)(C)C(=O)O)C(O)=C(C(=O)CC(C)C)C(=O)[C@@H]1CCC(C)C. The average molecular weight is 451 g/mol. The number of carbonyl (C=O) groups excluding carboxylic acids is 3. The minimum atomic E-state index is -1.68. The van der Waals surface area contributed by atoms with Crippen LogP contribution in [-0.4, -0.2) is 33.5 Å². The first-order valence-electron chi connectivity index (χ1n) is 11.9. The van der Waals surface area contributed by atoms with Gasteiger partial charge in [0.15, 0.2) is 11.6 Å². The van der Waals surface area contributed by atoms with Crippen LogP contribution in [0.3, 0.4) is 0 Å². The van der Waals surface area contributed by atoms with Gasteiger partial charge in [0.25, 0.3) is 0 Å². The van der Waals surface area contributed by atoms with Gasteiger partial charge >= 0.3 is 5.97 Å². The van der Waals surface area contributed by atoms with Gasteiger partial charge in [-0.3, -0.25) is 19.2 Å². The van der Waals surface area contributed by atoms with Crippen molar-refractivity contribution in [1.29, 1.82) is 0 Å². The lowest BCUT2D eigenvalue weighted by Crippen LogP contribution is -2.45. The van der Waals surface area contributed by atoms with Crippen LogP contribution in [0.1, 0.15) is 93.9 Å². The molecule has 1 aliphatic carbocycles. The van der Waals surface area contributed by atoms with E-state index in [4.69, 9.17) is 0 Å². The van der Waals surface area contributed by atoms with E-state index in [-0.39, 0.29) is 48.4 Å². The highest BCUT2D eigenvalue weighted by molar-refractivity contribution is 6.25. The number of aliphatic hydroxyl groups excluding tert-OH is 1. The maximum absolute atomic E-state index is 13.7. The van der Waals surface area contributed by atoms with Gasteiger partial charge in [-0.15, -0.1) is 0 Å². The molecule has 0 amide bonds. The first-order valence-corrected chi connectivity index (χ1v) is 11.9. The Kier molecular flexibility index (Phi) is 9.43. The fourth-order valence-electron chi connectivity index (χ4n) is 4.57. The Morgan fingerprint density at radius 1 is 0.969 bits per heavy atom. The Labute approximate surface area is 192 Å². The highest BCUT2D eigenvalue weighted by Gasteiger charge is 2.61. The molecule has 0 saturated heterocycles. The third-order valence-corrected chi connectivity index (χ3v) is 6.47. The Morgan fingerprint density at radius 3 is 1.94 bits per heavy atom. The Bertz CT molecular complexity index is 771. The summed E-state index contributed by atoms with van der Waals surface area (Å²) in [6, 6.07) is 0. The van der Waals surface area contributed by atoms with E-state index < -0.39 is 40.0 Å². The third kappa shape index (κ3) is 6.08. The lowest BCUT2D eigenvalue weighted by molar-refractivity contribution is -0.152. The molecule has 0 saturated carbocycles. The molecule has 0 aromatic carbocycles. The van der Waals surface area contributed by atoms with Crippen molar-refractivity contribution in [2.24, 2.45) is 34.5 Å². The number of carboxylic acids is 1. The largest absolute Gasteiger partial charge is 0.510 e. The minimum absolute atomic E-state index is 0.0215. The molecule has 0 aromatic heterocycles. The smallest absolute Gasteiger partial charge is 0.309 e. The van der Waals surface area contributed by atoms with Crippen molar-refractivity contribution in [3.8, 4) is 0 Å². The quantitative estimate of drug-likeness (QED) is 0.357. The second-order valence-electron chi connectivity index (χ2n) is 11.3. The number of aliphatic hydroxyl groups is 1. The molecular weight excluding hydrogens is 408 g/mol. The van der Waals surface area contributed by atoms with Crippen molar-refractivity contribution in [1.82, 2.24) is 0 Å². The highest BCUT2D eigenvalue weighted by atomic mass is 16.4. The van der Waals surface area contributed by atoms with Crippen molar-refractivity contribution >= 4 is 23.3 Å². The fourth-order valence-corrected chi connectivity index (χ4v) is 4.57. The van der Waals surface area contributed by atoms with Gasteiger partial charge in [0, 0.05) is 18.8 Å². The summed E-state index contributed by atoms with van der Waals surface area (Å²) in [6.45, 7) is 14.6.